The largest absolute Gasteiger partial charge is 0.414 e. The summed E-state index contributed by atoms with van der Waals surface area (Å²) >= 11 is 11.6. The molecule has 0 saturated carbocycles. The van der Waals surface area contributed by atoms with Crippen molar-refractivity contribution in [1.82, 2.24) is 4.98 Å². The van der Waals surface area contributed by atoms with Crippen LogP contribution in [0.4, 0.5) is 13.2 Å². The van der Waals surface area contributed by atoms with Crippen LogP contribution in [0, 0.1) is 5.82 Å². The molecule has 0 bridgehead atoms. The first-order valence-electron chi connectivity index (χ1n) is 5.03. The molecule has 0 saturated heterocycles. The number of hydrogen-bond acceptors (Lipinski definition) is 2. The first-order valence-corrected chi connectivity index (χ1v) is 5.79. The van der Waals surface area contributed by atoms with Crippen LogP contribution in [-0.4, -0.2) is 11.6 Å². The van der Waals surface area contributed by atoms with Gasteiger partial charge in [0.15, 0.2) is 5.82 Å². The molecule has 19 heavy (non-hydrogen) atoms. The topological polar surface area (TPSA) is 22.1 Å². The second-order valence-corrected chi connectivity index (χ2v) is 4.33. The summed E-state index contributed by atoms with van der Waals surface area (Å²) in [5.41, 5.74) is 0.932. The number of alkyl halides is 2. The lowest BCUT2D eigenvalue weighted by Gasteiger charge is -2.07. The Balaban J connectivity index is 2.36. The Bertz CT molecular complexity index is 608. The van der Waals surface area contributed by atoms with Gasteiger partial charge in [-0.1, -0.05) is 29.3 Å². The molecule has 0 amide bonds. The monoisotopic (exact) mass is 307 g/mol. The summed E-state index contributed by atoms with van der Waals surface area (Å²) in [6.07, 6.45) is 1.21. The number of ether oxygens (including phenoxy) is 1. The summed E-state index contributed by atoms with van der Waals surface area (Å²) in [5, 5.41) is 0.656. The van der Waals surface area contributed by atoms with Gasteiger partial charge in [0, 0.05) is 11.8 Å². The van der Waals surface area contributed by atoms with E-state index in [1.54, 1.807) is 12.1 Å². The van der Waals surface area contributed by atoms with Gasteiger partial charge >= 0.3 is 6.61 Å². The molecule has 0 aliphatic rings. The van der Waals surface area contributed by atoms with E-state index in [1.165, 1.54) is 12.3 Å². The van der Waals surface area contributed by atoms with Crippen molar-refractivity contribution < 1.29 is 17.9 Å². The fraction of sp³-hybridized carbons (Fsp3) is 0.0833. The molecule has 0 aliphatic carbocycles. The Kier molecular flexibility index (Phi) is 4.17. The highest BCUT2D eigenvalue weighted by Crippen LogP contribution is 2.29. The molecule has 100 valence electrons. The van der Waals surface area contributed by atoms with Crippen LogP contribution >= 0.6 is 23.2 Å². The molecular weight excluding hydrogens is 302 g/mol. The molecule has 0 aliphatic heterocycles. The van der Waals surface area contributed by atoms with Gasteiger partial charge in [-0.15, -0.1) is 0 Å². The van der Waals surface area contributed by atoms with E-state index < -0.39 is 18.3 Å². The number of pyridine rings is 1. The maximum Gasteiger partial charge on any atom is 0.388 e. The lowest BCUT2D eigenvalue weighted by atomic mass is 10.1. The Morgan fingerprint density at radius 1 is 1.05 bits per heavy atom. The van der Waals surface area contributed by atoms with E-state index in [0.29, 0.717) is 21.2 Å². The second-order valence-electron chi connectivity index (χ2n) is 3.52. The highest BCUT2D eigenvalue weighted by Gasteiger charge is 2.13. The molecule has 0 atom stereocenters. The van der Waals surface area contributed by atoms with Gasteiger partial charge in [-0.3, -0.25) is 0 Å². The van der Waals surface area contributed by atoms with Crippen molar-refractivity contribution in [3.05, 3.63) is 46.3 Å². The third-order valence-electron chi connectivity index (χ3n) is 2.26. The zero-order chi connectivity index (χ0) is 14.0. The maximum absolute atomic E-state index is 13.5. The molecule has 2 rings (SSSR count). The predicted molar refractivity (Wildman–Crippen MR) is 66.3 cm³/mol. The fourth-order valence-electron chi connectivity index (χ4n) is 1.43. The molecule has 2 aromatic rings. The summed E-state index contributed by atoms with van der Waals surface area (Å²) in [7, 11) is 0. The van der Waals surface area contributed by atoms with Gasteiger partial charge in [0.05, 0.1) is 10.0 Å². The van der Waals surface area contributed by atoms with Crippen LogP contribution < -0.4 is 4.74 Å². The molecule has 1 heterocycles. The van der Waals surface area contributed by atoms with Gasteiger partial charge in [-0.05, 0) is 23.8 Å². The van der Waals surface area contributed by atoms with Crippen molar-refractivity contribution in [2.45, 2.75) is 6.61 Å². The number of rotatable bonds is 3. The smallest absolute Gasteiger partial charge is 0.388 e. The molecule has 1 aromatic heterocycles. The lowest BCUT2D eigenvalue weighted by molar-refractivity contribution is -0.0553. The normalized spacial score (nSPS) is 10.8. The average molecular weight is 308 g/mol. The Labute approximate surface area is 116 Å². The van der Waals surface area contributed by atoms with Gasteiger partial charge in [-0.2, -0.15) is 8.78 Å². The molecule has 0 radical (unpaired) electrons. The van der Waals surface area contributed by atoms with E-state index in [4.69, 9.17) is 23.2 Å². The molecule has 7 heteroatoms. The van der Waals surface area contributed by atoms with E-state index in [0.717, 1.165) is 6.07 Å². The molecule has 2 nitrogen and oxygen atoms in total. The minimum Gasteiger partial charge on any atom is -0.414 e. The third kappa shape index (κ3) is 3.30. The molecule has 1 aromatic carbocycles. The zero-order valence-electron chi connectivity index (χ0n) is 9.21. The highest BCUT2D eigenvalue weighted by molar-refractivity contribution is 6.42. The summed E-state index contributed by atoms with van der Waals surface area (Å²) < 4.78 is 41.3. The van der Waals surface area contributed by atoms with Crippen LogP contribution in [-0.2, 0) is 0 Å². The number of hydrogen-bond donors (Lipinski definition) is 0. The van der Waals surface area contributed by atoms with E-state index in [1.807, 2.05) is 0 Å². The van der Waals surface area contributed by atoms with Gasteiger partial charge in [0.25, 0.3) is 5.88 Å². The second kappa shape index (κ2) is 5.67. The lowest BCUT2D eigenvalue weighted by Crippen LogP contribution is -2.05. The molecule has 0 unspecified atom stereocenters. The Hall–Kier alpha value is -1.46. The quantitative estimate of drug-likeness (QED) is 0.813. The number of benzene rings is 1. The van der Waals surface area contributed by atoms with Gasteiger partial charge in [0.1, 0.15) is 0 Å². The van der Waals surface area contributed by atoms with Crippen molar-refractivity contribution in [2.75, 3.05) is 0 Å². The standard InChI is InChI=1S/C12H6Cl2F3NO/c13-8-2-1-6(3-9(8)14)7-4-10(15)11(18-5-7)19-12(16)17/h1-5,12H. The summed E-state index contributed by atoms with van der Waals surface area (Å²) in [5.74, 6) is -1.73. The van der Waals surface area contributed by atoms with E-state index in [9.17, 15) is 13.2 Å². The van der Waals surface area contributed by atoms with Crippen LogP contribution in [0.1, 0.15) is 0 Å². The maximum atomic E-state index is 13.5. The minimum absolute atomic E-state index is 0.299. The first kappa shape index (κ1) is 14.0. The number of nitrogens with zero attached hydrogens (tertiary/aromatic N) is 1. The van der Waals surface area contributed by atoms with Crippen molar-refractivity contribution in [2.24, 2.45) is 0 Å². The van der Waals surface area contributed by atoms with Crippen molar-refractivity contribution in [3.63, 3.8) is 0 Å². The summed E-state index contributed by atoms with van der Waals surface area (Å²) in [6, 6.07) is 5.71. The molecular formula is C12H6Cl2F3NO. The van der Waals surface area contributed by atoms with Crippen molar-refractivity contribution in [3.8, 4) is 17.0 Å². The van der Waals surface area contributed by atoms with Gasteiger partial charge in [-0.25, -0.2) is 9.37 Å². The first-order chi connectivity index (χ1) is 8.97. The number of halogens is 5. The summed E-state index contributed by atoms with van der Waals surface area (Å²) in [6.45, 7) is -3.13. The number of aromatic nitrogens is 1. The van der Waals surface area contributed by atoms with Crippen molar-refractivity contribution >= 4 is 23.2 Å². The van der Waals surface area contributed by atoms with E-state index in [-0.39, 0.29) is 0 Å². The van der Waals surface area contributed by atoms with Crippen LogP contribution in [0.15, 0.2) is 30.5 Å². The fourth-order valence-corrected chi connectivity index (χ4v) is 1.73. The zero-order valence-corrected chi connectivity index (χ0v) is 10.7. The SMILES string of the molecule is Fc1cc(-c2ccc(Cl)c(Cl)c2)cnc1OC(F)F. The summed E-state index contributed by atoms with van der Waals surface area (Å²) in [4.78, 5) is 3.49. The van der Waals surface area contributed by atoms with Gasteiger partial charge in [0.2, 0.25) is 0 Å². The molecule has 0 N–H and O–H groups in total. The van der Waals surface area contributed by atoms with Crippen LogP contribution in [0.3, 0.4) is 0 Å². The predicted octanol–water partition coefficient (Wildman–Crippen LogP) is 4.80. The molecule has 0 spiro atoms. The van der Waals surface area contributed by atoms with E-state index >= 15 is 0 Å². The Morgan fingerprint density at radius 2 is 1.79 bits per heavy atom. The van der Waals surface area contributed by atoms with Crippen LogP contribution in [0.5, 0.6) is 5.88 Å². The van der Waals surface area contributed by atoms with Crippen molar-refractivity contribution in [1.29, 1.82) is 0 Å². The van der Waals surface area contributed by atoms with E-state index in [2.05, 4.69) is 9.72 Å². The highest BCUT2D eigenvalue weighted by atomic mass is 35.5. The Morgan fingerprint density at radius 3 is 2.37 bits per heavy atom. The average Bonchev–Trinajstić information content (AvgIpc) is 2.35. The third-order valence-corrected chi connectivity index (χ3v) is 3.00. The van der Waals surface area contributed by atoms with Crippen LogP contribution in [0.25, 0.3) is 11.1 Å². The van der Waals surface area contributed by atoms with Gasteiger partial charge < -0.3 is 4.74 Å². The minimum atomic E-state index is -3.13. The van der Waals surface area contributed by atoms with Crippen LogP contribution in [0.2, 0.25) is 10.0 Å². The molecule has 0 fully saturated rings.